The van der Waals surface area contributed by atoms with Crippen LogP contribution in [0.15, 0.2) is 30.7 Å². The van der Waals surface area contributed by atoms with Crippen LogP contribution in [-0.4, -0.2) is 16.7 Å². The zero-order valence-electron chi connectivity index (χ0n) is 11.6. The van der Waals surface area contributed by atoms with Crippen LogP contribution in [0.25, 0.3) is 0 Å². The Balaban J connectivity index is 2.25. The number of methoxy groups -OCH3 is 1. The van der Waals surface area contributed by atoms with Gasteiger partial charge in [0.2, 0.25) is 0 Å². The standard InChI is InChI=1S/C14H20N4O/c1-10-4-5-14(19-3)11(6-10)7-12(17-15)13-8-18(2)9-16-13/h4-6,8-9,12,17H,7,15H2,1-3H3. The van der Waals surface area contributed by atoms with Crippen LogP contribution in [0.4, 0.5) is 0 Å². The van der Waals surface area contributed by atoms with E-state index < -0.39 is 0 Å². The average molecular weight is 260 g/mol. The van der Waals surface area contributed by atoms with Gasteiger partial charge in [-0.3, -0.25) is 11.3 Å². The van der Waals surface area contributed by atoms with E-state index in [0.717, 1.165) is 23.4 Å². The number of nitrogens with two attached hydrogens (primary N) is 1. The highest BCUT2D eigenvalue weighted by Gasteiger charge is 2.15. The van der Waals surface area contributed by atoms with Crippen LogP contribution in [-0.2, 0) is 13.5 Å². The van der Waals surface area contributed by atoms with Gasteiger partial charge in [-0.15, -0.1) is 0 Å². The molecule has 1 aromatic carbocycles. The molecule has 0 saturated heterocycles. The zero-order valence-corrected chi connectivity index (χ0v) is 11.6. The minimum absolute atomic E-state index is 0.0306. The lowest BCUT2D eigenvalue weighted by Crippen LogP contribution is -2.30. The number of imidazole rings is 1. The Bertz CT molecular complexity index is 550. The van der Waals surface area contributed by atoms with Crippen LogP contribution in [0.1, 0.15) is 22.9 Å². The van der Waals surface area contributed by atoms with Crippen molar-refractivity contribution in [3.8, 4) is 5.75 Å². The van der Waals surface area contributed by atoms with Crippen molar-refractivity contribution in [1.29, 1.82) is 0 Å². The van der Waals surface area contributed by atoms with E-state index in [2.05, 4.69) is 23.4 Å². The van der Waals surface area contributed by atoms with Gasteiger partial charge in [-0.2, -0.15) is 0 Å². The Hall–Kier alpha value is -1.85. The van der Waals surface area contributed by atoms with Crippen LogP contribution in [0.2, 0.25) is 0 Å². The third-order valence-corrected chi connectivity index (χ3v) is 3.14. The highest BCUT2D eigenvalue weighted by Crippen LogP contribution is 2.25. The topological polar surface area (TPSA) is 65.1 Å². The molecule has 3 N–H and O–H groups in total. The summed E-state index contributed by atoms with van der Waals surface area (Å²) in [6, 6.07) is 6.11. The van der Waals surface area contributed by atoms with Gasteiger partial charge in [0, 0.05) is 13.2 Å². The maximum absolute atomic E-state index is 5.65. The number of nitrogens with one attached hydrogen (secondary N) is 1. The molecule has 0 aliphatic carbocycles. The fourth-order valence-electron chi connectivity index (χ4n) is 2.15. The van der Waals surface area contributed by atoms with Gasteiger partial charge in [0.05, 0.1) is 25.2 Å². The number of aryl methyl sites for hydroxylation is 2. The number of benzene rings is 1. The Labute approximate surface area is 113 Å². The first kappa shape index (κ1) is 13.6. The number of hydrazine groups is 1. The first-order valence-corrected chi connectivity index (χ1v) is 6.21. The summed E-state index contributed by atoms with van der Waals surface area (Å²) in [4.78, 5) is 4.34. The second-order valence-electron chi connectivity index (χ2n) is 4.70. The number of aromatic nitrogens is 2. The molecule has 1 unspecified atom stereocenters. The third-order valence-electron chi connectivity index (χ3n) is 3.14. The summed E-state index contributed by atoms with van der Waals surface area (Å²) in [6.07, 6.45) is 4.47. The molecule has 0 spiro atoms. The lowest BCUT2D eigenvalue weighted by molar-refractivity contribution is 0.405. The number of rotatable bonds is 5. The van der Waals surface area contributed by atoms with Crippen molar-refractivity contribution in [2.45, 2.75) is 19.4 Å². The minimum atomic E-state index is -0.0306. The average Bonchev–Trinajstić information content (AvgIpc) is 2.82. The van der Waals surface area contributed by atoms with E-state index in [1.807, 2.05) is 29.9 Å². The first-order chi connectivity index (χ1) is 9.13. The van der Waals surface area contributed by atoms with Crippen LogP contribution in [0.3, 0.4) is 0 Å². The van der Waals surface area contributed by atoms with Crippen molar-refractivity contribution in [2.75, 3.05) is 7.11 Å². The van der Waals surface area contributed by atoms with E-state index in [0.29, 0.717) is 0 Å². The SMILES string of the molecule is COc1ccc(C)cc1CC(NN)c1cn(C)cn1. The number of ether oxygens (including phenoxy) is 1. The van der Waals surface area contributed by atoms with Gasteiger partial charge in [-0.25, -0.2) is 4.98 Å². The molecule has 102 valence electrons. The van der Waals surface area contributed by atoms with Crippen molar-refractivity contribution in [3.63, 3.8) is 0 Å². The predicted octanol–water partition coefficient (Wildman–Crippen LogP) is 1.48. The number of hydrogen-bond acceptors (Lipinski definition) is 4. The summed E-state index contributed by atoms with van der Waals surface area (Å²) >= 11 is 0. The maximum atomic E-state index is 5.65. The van der Waals surface area contributed by atoms with Gasteiger partial charge in [0.1, 0.15) is 5.75 Å². The summed E-state index contributed by atoms with van der Waals surface area (Å²) in [5.41, 5.74) is 6.07. The van der Waals surface area contributed by atoms with Crippen molar-refractivity contribution in [3.05, 3.63) is 47.5 Å². The molecule has 0 bridgehead atoms. The van der Waals surface area contributed by atoms with Crippen LogP contribution < -0.4 is 16.0 Å². The first-order valence-electron chi connectivity index (χ1n) is 6.21. The fourth-order valence-corrected chi connectivity index (χ4v) is 2.15. The molecule has 0 aliphatic heterocycles. The Morgan fingerprint density at radius 2 is 2.26 bits per heavy atom. The molecule has 1 atom stereocenters. The van der Waals surface area contributed by atoms with E-state index in [9.17, 15) is 0 Å². The van der Waals surface area contributed by atoms with Crippen LogP contribution in [0.5, 0.6) is 5.75 Å². The van der Waals surface area contributed by atoms with Gasteiger partial charge in [-0.1, -0.05) is 17.7 Å². The normalized spacial score (nSPS) is 12.4. The molecule has 0 amide bonds. The minimum Gasteiger partial charge on any atom is -0.496 e. The summed E-state index contributed by atoms with van der Waals surface area (Å²) < 4.78 is 7.30. The molecule has 0 aliphatic rings. The lowest BCUT2D eigenvalue weighted by Gasteiger charge is -2.16. The molecular weight excluding hydrogens is 240 g/mol. The predicted molar refractivity (Wildman–Crippen MR) is 74.7 cm³/mol. The molecule has 1 heterocycles. The Morgan fingerprint density at radius 1 is 1.47 bits per heavy atom. The van der Waals surface area contributed by atoms with Crippen LogP contribution in [0, 0.1) is 6.92 Å². The van der Waals surface area contributed by atoms with Gasteiger partial charge in [0.25, 0.3) is 0 Å². The molecule has 2 rings (SSSR count). The van der Waals surface area contributed by atoms with Gasteiger partial charge in [-0.05, 0) is 25.0 Å². The second kappa shape index (κ2) is 5.86. The molecule has 0 fully saturated rings. The molecule has 5 nitrogen and oxygen atoms in total. The highest BCUT2D eigenvalue weighted by molar-refractivity contribution is 5.37. The second-order valence-corrected chi connectivity index (χ2v) is 4.70. The van der Waals surface area contributed by atoms with Crippen molar-refractivity contribution < 1.29 is 4.74 Å². The zero-order chi connectivity index (χ0) is 13.8. The quantitative estimate of drug-likeness (QED) is 0.631. The molecular formula is C14H20N4O. The van der Waals surface area contributed by atoms with E-state index in [1.54, 1.807) is 13.4 Å². The van der Waals surface area contributed by atoms with E-state index in [1.165, 1.54) is 5.56 Å². The summed E-state index contributed by atoms with van der Waals surface area (Å²) in [7, 11) is 3.62. The molecule has 5 heteroatoms. The number of hydrogen-bond donors (Lipinski definition) is 2. The monoisotopic (exact) mass is 260 g/mol. The fraction of sp³-hybridized carbons (Fsp3) is 0.357. The Morgan fingerprint density at radius 3 is 2.84 bits per heavy atom. The van der Waals surface area contributed by atoms with E-state index >= 15 is 0 Å². The summed E-state index contributed by atoms with van der Waals surface area (Å²) in [5, 5.41) is 0. The van der Waals surface area contributed by atoms with Crippen LogP contribution >= 0.6 is 0 Å². The number of nitrogens with zero attached hydrogens (tertiary/aromatic N) is 2. The molecule has 1 aromatic heterocycles. The smallest absolute Gasteiger partial charge is 0.122 e. The largest absolute Gasteiger partial charge is 0.496 e. The van der Waals surface area contributed by atoms with E-state index in [-0.39, 0.29) is 6.04 Å². The van der Waals surface area contributed by atoms with Crippen molar-refractivity contribution >= 4 is 0 Å². The third kappa shape index (κ3) is 3.13. The lowest BCUT2D eigenvalue weighted by atomic mass is 10.0. The molecule has 19 heavy (non-hydrogen) atoms. The van der Waals surface area contributed by atoms with Gasteiger partial charge >= 0.3 is 0 Å². The van der Waals surface area contributed by atoms with E-state index in [4.69, 9.17) is 10.6 Å². The molecule has 2 aromatic rings. The summed E-state index contributed by atoms with van der Waals surface area (Å²) in [5.74, 6) is 6.53. The molecule has 0 saturated carbocycles. The van der Waals surface area contributed by atoms with Gasteiger partial charge in [0.15, 0.2) is 0 Å². The Kier molecular flexibility index (Phi) is 4.19. The van der Waals surface area contributed by atoms with Crippen molar-refractivity contribution in [2.24, 2.45) is 12.9 Å². The highest BCUT2D eigenvalue weighted by atomic mass is 16.5. The van der Waals surface area contributed by atoms with Gasteiger partial charge < -0.3 is 9.30 Å². The maximum Gasteiger partial charge on any atom is 0.122 e. The summed E-state index contributed by atoms with van der Waals surface area (Å²) in [6.45, 7) is 2.06. The van der Waals surface area contributed by atoms with Crippen molar-refractivity contribution in [1.82, 2.24) is 15.0 Å². The molecule has 0 radical (unpaired) electrons.